The fraction of sp³-hybridized carbons (Fsp3) is 0.923. The molecule has 0 bridgehead atoms. The van der Waals surface area contributed by atoms with Crippen molar-refractivity contribution in [2.45, 2.75) is 64.2 Å². The highest BCUT2D eigenvalue weighted by molar-refractivity contribution is 8.03. The monoisotopic (exact) mass is 225 g/mol. The second-order valence-electron chi connectivity index (χ2n) is 4.65. The van der Waals surface area contributed by atoms with Gasteiger partial charge < -0.3 is 0 Å². The molecular weight excluding hydrogens is 202 g/mol. The topological polar surface area (TPSA) is 23.8 Å². The summed E-state index contributed by atoms with van der Waals surface area (Å²) < 4.78 is 0. The van der Waals surface area contributed by atoms with Crippen LogP contribution in [0.25, 0.3) is 0 Å². The predicted octanol–water partition coefficient (Wildman–Crippen LogP) is 4.73. The molecular formula is C13H23NS. The Bertz CT molecular complexity index is 171. The van der Waals surface area contributed by atoms with Crippen LogP contribution in [0.5, 0.6) is 0 Å². The molecule has 0 aromatic rings. The van der Waals surface area contributed by atoms with E-state index in [1.807, 2.05) is 0 Å². The first-order valence-electron chi connectivity index (χ1n) is 6.44. The third-order valence-corrected chi connectivity index (χ3v) is 3.99. The maximum absolute atomic E-state index is 8.31. The molecule has 0 spiro atoms. The summed E-state index contributed by atoms with van der Waals surface area (Å²) in [7, 11) is 0. The van der Waals surface area contributed by atoms with E-state index in [4.69, 9.17) is 5.26 Å². The van der Waals surface area contributed by atoms with Gasteiger partial charge in [-0.2, -0.15) is 5.26 Å². The number of hydrogen-bond donors (Lipinski definition) is 0. The summed E-state index contributed by atoms with van der Waals surface area (Å²) in [5.74, 6) is 1.98. The molecule has 0 aromatic heterocycles. The van der Waals surface area contributed by atoms with Crippen molar-refractivity contribution in [3.05, 3.63) is 0 Å². The highest BCUT2D eigenvalue weighted by Gasteiger charge is 2.12. The molecule has 15 heavy (non-hydrogen) atoms. The van der Waals surface area contributed by atoms with Crippen LogP contribution >= 0.6 is 11.8 Å². The quantitative estimate of drug-likeness (QED) is 0.512. The van der Waals surface area contributed by atoms with Gasteiger partial charge in [-0.25, -0.2) is 0 Å². The molecule has 0 aliphatic heterocycles. The van der Waals surface area contributed by atoms with Crippen molar-refractivity contribution in [3.8, 4) is 5.40 Å². The van der Waals surface area contributed by atoms with E-state index in [-0.39, 0.29) is 0 Å². The number of thiocyanates is 1. The Labute approximate surface area is 98.6 Å². The number of thioether (sulfide) groups is 1. The largest absolute Gasteiger partial charge is 0.185 e. The van der Waals surface area contributed by atoms with E-state index in [1.54, 1.807) is 0 Å². The number of nitriles is 1. The highest BCUT2D eigenvalue weighted by Crippen LogP contribution is 2.27. The van der Waals surface area contributed by atoms with Crippen LogP contribution in [0.2, 0.25) is 0 Å². The van der Waals surface area contributed by atoms with E-state index in [0.29, 0.717) is 0 Å². The summed E-state index contributed by atoms with van der Waals surface area (Å²) in [4.78, 5) is 0. The van der Waals surface area contributed by atoms with Crippen molar-refractivity contribution in [2.75, 3.05) is 5.75 Å². The van der Waals surface area contributed by atoms with E-state index in [1.165, 1.54) is 76.0 Å². The molecule has 2 rings (SSSR count). The van der Waals surface area contributed by atoms with Gasteiger partial charge in [-0.05, 0) is 24.1 Å². The number of hydrogen-bond acceptors (Lipinski definition) is 2. The van der Waals surface area contributed by atoms with Crippen LogP contribution in [-0.4, -0.2) is 5.75 Å². The smallest absolute Gasteiger partial charge is 0.133 e. The molecule has 0 N–H and O–H groups in total. The lowest BCUT2D eigenvalue weighted by Gasteiger charge is -2.20. The van der Waals surface area contributed by atoms with Gasteiger partial charge in [0.2, 0.25) is 0 Å². The number of nitrogens with zero attached hydrogens (tertiary/aromatic N) is 1. The van der Waals surface area contributed by atoms with E-state index in [0.717, 1.165) is 11.7 Å². The molecule has 2 aliphatic carbocycles. The molecule has 0 radical (unpaired) electrons. The maximum Gasteiger partial charge on any atom is 0.133 e. The van der Waals surface area contributed by atoms with Gasteiger partial charge in [0.15, 0.2) is 0 Å². The minimum atomic E-state index is 0.935. The van der Waals surface area contributed by atoms with E-state index < -0.39 is 0 Å². The Hall–Kier alpha value is -0.160. The molecule has 0 atom stereocenters. The molecule has 86 valence electrons. The van der Waals surface area contributed by atoms with Crippen LogP contribution in [-0.2, 0) is 0 Å². The molecule has 0 aromatic carbocycles. The predicted molar refractivity (Wildman–Crippen MR) is 67.7 cm³/mol. The Morgan fingerprint density at radius 2 is 1.47 bits per heavy atom. The van der Waals surface area contributed by atoms with Gasteiger partial charge >= 0.3 is 0 Å². The first-order valence-corrected chi connectivity index (χ1v) is 7.43. The van der Waals surface area contributed by atoms with Crippen LogP contribution in [0.3, 0.4) is 0 Å². The van der Waals surface area contributed by atoms with Crippen molar-refractivity contribution in [1.29, 1.82) is 5.26 Å². The van der Waals surface area contributed by atoms with Gasteiger partial charge in [0.1, 0.15) is 5.40 Å². The third kappa shape index (κ3) is 6.84. The van der Waals surface area contributed by atoms with E-state index in [2.05, 4.69) is 5.40 Å². The second-order valence-corrected chi connectivity index (χ2v) is 5.53. The first kappa shape index (κ1) is 12.9. The average molecular weight is 225 g/mol. The van der Waals surface area contributed by atoms with Gasteiger partial charge in [0.05, 0.1) is 0 Å². The Balaban J connectivity index is 0.000000234. The van der Waals surface area contributed by atoms with Gasteiger partial charge in [-0.1, -0.05) is 57.8 Å². The number of rotatable bonds is 3. The van der Waals surface area contributed by atoms with Gasteiger partial charge in [-0.15, -0.1) is 0 Å². The minimum Gasteiger partial charge on any atom is -0.185 e. The Morgan fingerprint density at radius 1 is 0.933 bits per heavy atom. The van der Waals surface area contributed by atoms with Crippen LogP contribution in [0, 0.1) is 16.6 Å². The summed E-state index contributed by atoms with van der Waals surface area (Å²) in [6, 6.07) is 0. The molecule has 0 amide bonds. The summed E-state index contributed by atoms with van der Waals surface area (Å²) in [5.41, 5.74) is 0. The van der Waals surface area contributed by atoms with Crippen LogP contribution in [0.4, 0.5) is 0 Å². The Morgan fingerprint density at radius 3 is 1.93 bits per heavy atom. The summed E-state index contributed by atoms with van der Waals surface area (Å²) in [6.45, 7) is 0. The lowest BCUT2D eigenvalue weighted by Crippen LogP contribution is -2.06. The van der Waals surface area contributed by atoms with Gasteiger partial charge in [0, 0.05) is 5.75 Å². The zero-order valence-corrected chi connectivity index (χ0v) is 10.5. The first-order chi connectivity index (χ1) is 7.43. The molecule has 2 heteroatoms. The fourth-order valence-electron chi connectivity index (χ4n) is 2.00. The van der Waals surface area contributed by atoms with Crippen LogP contribution < -0.4 is 0 Å². The minimum absolute atomic E-state index is 0.935. The summed E-state index contributed by atoms with van der Waals surface area (Å²) in [5, 5.41) is 10.4. The van der Waals surface area contributed by atoms with Crippen molar-refractivity contribution in [3.63, 3.8) is 0 Å². The molecule has 2 aliphatic rings. The van der Waals surface area contributed by atoms with Gasteiger partial charge in [0.25, 0.3) is 0 Å². The van der Waals surface area contributed by atoms with Crippen LogP contribution in [0.15, 0.2) is 0 Å². The average Bonchev–Trinajstić information content (AvgIpc) is 2.17. The molecule has 2 saturated carbocycles. The van der Waals surface area contributed by atoms with Crippen molar-refractivity contribution < 1.29 is 0 Å². The summed E-state index contributed by atoms with van der Waals surface area (Å²) >= 11 is 1.41. The molecule has 0 heterocycles. The van der Waals surface area contributed by atoms with E-state index in [9.17, 15) is 0 Å². The molecule has 2 fully saturated rings. The molecule has 0 unspecified atom stereocenters. The fourth-order valence-corrected chi connectivity index (χ4v) is 2.54. The lowest BCUT2D eigenvalue weighted by atomic mass is 9.88. The van der Waals surface area contributed by atoms with Crippen molar-refractivity contribution >= 4 is 11.8 Å². The van der Waals surface area contributed by atoms with Crippen LogP contribution in [0.1, 0.15) is 64.2 Å². The van der Waals surface area contributed by atoms with Crippen molar-refractivity contribution in [2.24, 2.45) is 5.92 Å². The lowest BCUT2D eigenvalue weighted by molar-refractivity contribution is 0.352. The van der Waals surface area contributed by atoms with Gasteiger partial charge in [-0.3, -0.25) is 0 Å². The standard InChI is InChI=1S/C9H15NS.C4H8/c10-8-11-7-6-9-4-2-1-3-5-9;1-2-4-3-1/h9H,1-7H2;1-4H2. The zero-order chi connectivity index (χ0) is 10.8. The third-order valence-electron chi connectivity index (χ3n) is 3.42. The normalized spacial score (nSPS) is 20.7. The SMILES string of the molecule is C1CCC1.N#CSCCC1CCCCC1. The highest BCUT2D eigenvalue weighted by atomic mass is 32.2. The maximum atomic E-state index is 8.31. The molecule has 1 nitrogen and oxygen atoms in total. The van der Waals surface area contributed by atoms with E-state index >= 15 is 0 Å². The molecule has 0 saturated heterocycles. The summed E-state index contributed by atoms with van der Waals surface area (Å²) in [6.07, 6.45) is 14.3. The Kier molecular flexibility index (Phi) is 7.83. The second kappa shape index (κ2) is 9.09. The van der Waals surface area contributed by atoms with Crippen molar-refractivity contribution in [1.82, 2.24) is 0 Å². The zero-order valence-electron chi connectivity index (χ0n) is 9.71.